The van der Waals surface area contributed by atoms with Crippen molar-refractivity contribution >= 4 is 21.6 Å². The van der Waals surface area contributed by atoms with E-state index >= 15 is 0 Å². The molecule has 154 valence electrons. The van der Waals surface area contributed by atoms with E-state index < -0.39 is 10.0 Å². The van der Waals surface area contributed by atoms with E-state index in [1.165, 1.54) is 24.1 Å². The Morgan fingerprint density at radius 2 is 1.83 bits per heavy atom. The van der Waals surface area contributed by atoms with Gasteiger partial charge < -0.3 is 15.2 Å². The SMILES string of the molecule is O=C(c1cc2c([nH]1)CCCC2)N1CCC(C2Nc3ccccc3S(=O)(=O)N2)CC1. The molecule has 5 rings (SSSR count). The molecule has 1 atom stereocenters. The molecule has 3 heterocycles. The van der Waals surface area contributed by atoms with Crippen molar-refractivity contribution in [1.29, 1.82) is 0 Å². The highest BCUT2D eigenvalue weighted by molar-refractivity contribution is 7.89. The molecule has 0 spiro atoms. The van der Waals surface area contributed by atoms with Crippen molar-refractivity contribution in [3.05, 3.63) is 47.3 Å². The zero-order valence-electron chi connectivity index (χ0n) is 16.3. The standard InChI is InChI=1S/C21H26N4O3S/c26-21(18-13-15-5-1-2-6-16(15)22-18)25-11-9-14(10-12-25)20-23-17-7-3-4-8-19(17)29(27,28)24-20/h3-4,7-8,13-14,20,22-24H,1-2,5-6,9-12H2. The van der Waals surface area contributed by atoms with Gasteiger partial charge in [0.15, 0.2) is 0 Å². The molecule has 1 fully saturated rings. The van der Waals surface area contributed by atoms with Crippen molar-refractivity contribution in [3.63, 3.8) is 0 Å². The maximum atomic E-state index is 12.9. The minimum Gasteiger partial charge on any atom is -0.368 e. The third-order valence-electron chi connectivity index (χ3n) is 6.41. The zero-order chi connectivity index (χ0) is 20.0. The molecule has 1 aliphatic carbocycles. The zero-order valence-corrected chi connectivity index (χ0v) is 17.1. The second-order valence-corrected chi connectivity index (χ2v) is 9.95. The lowest BCUT2D eigenvalue weighted by molar-refractivity contribution is 0.0674. The summed E-state index contributed by atoms with van der Waals surface area (Å²) in [5, 5.41) is 3.33. The van der Waals surface area contributed by atoms with E-state index in [9.17, 15) is 13.2 Å². The van der Waals surface area contributed by atoms with Crippen molar-refractivity contribution in [2.75, 3.05) is 18.4 Å². The molecule has 1 unspecified atom stereocenters. The minimum atomic E-state index is -3.51. The molecule has 1 aromatic heterocycles. The van der Waals surface area contributed by atoms with Gasteiger partial charge in [0.1, 0.15) is 10.6 Å². The first-order valence-corrected chi connectivity index (χ1v) is 11.9. The molecule has 0 saturated carbocycles. The Morgan fingerprint density at radius 3 is 2.62 bits per heavy atom. The number of H-pyrrole nitrogens is 1. The second kappa shape index (κ2) is 7.18. The van der Waals surface area contributed by atoms with E-state index in [1.54, 1.807) is 18.2 Å². The number of rotatable bonds is 2. The normalized spacial score (nSPS) is 23.7. The molecule has 29 heavy (non-hydrogen) atoms. The number of likely N-dealkylation sites (tertiary alicyclic amines) is 1. The Kier molecular flexibility index (Phi) is 4.63. The number of para-hydroxylation sites is 1. The van der Waals surface area contributed by atoms with E-state index in [4.69, 9.17) is 0 Å². The van der Waals surface area contributed by atoms with Gasteiger partial charge in [0.2, 0.25) is 10.0 Å². The molecule has 8 heteroatoms. The van der Waals surface area contributed by atoms with Gasteiger partial charge >= 0.3 is 0 Å². The quantitative estimate of drug-likeness (QED) is 0.704. The van der Waals surface area contributed by atoms with Crippen LogP contribution in [0.1, 0.15) is 47.4 Å². The number of sulfonamides is 1. The summed E-state index contributed by atoms with van der Waals surface area (Å²) in [5.41, 5.74) is 3.84. The number of carbonyl (C=O) groups excluding carboxylic acids is 1. The lowest BCUT2D eigenvalue weighted by atomic mass is 9.93. The summed E-state index contributed by atoms with van der Waals surface area (Å²) in [5.74, 6) is 0.194. The first-order valence-electron chi connectivity index (χ1n) is 10.4. The molecular weight excluding hydrogens is 388 g/mol. The third-order valence-corrected chi connectivity index (χ3v) is 7.91. The average Bonchev–Trinajstić information content (AvgIpc) is 3.17. The van der Waals surface area contributed by atoms with Gasteiger partial charge in [-0.25, -0.2) is 8.42 Å². The van der Waals surface area contributed by atoms with Crippen LogP contribution in [0.3, 0.4) is 0 Å². The summed E-state index contributed by atoms with van der Waals surface area (Å²) in [6, 6.07) is 8.99. The molecule has 0 bridgehead atoms. The highest BCUT2D eigenvalue weighted by atomic mass is 32.2. The van der Waals surface area contributed by atoms with Crippen LogP contribution in [0.5, 0.6) is 0 Å². The van der Waals surface area contributed by atoms with E-state index in [0.717, 1.165) is 25.7 Å². The fourth-order valence-corrected chi connectivity index (χ4v) is 6.17. The molecule has 3 N–H and O–H groups in total. The Hall–Kier alpha value is -2.32. The van der Waals surface area contributed by atoms with Crippen LogP contribution in [-0.4, -0.2) is 43.5 Å². The van der Waals surface area contributed by atoms with Gasteiger partial charge in [0, 0.05) is 18.8 Å². The Bertz CT molecular complexity index is 1010. The topological polar surface area (TPSA) is 94.3 Å². The molecule has 2 aromatic rings. The van der Waals surface area contributed by atoms with Crippen molar-refractivity contribution in [2.24, 2.45) is 5.92 Å². The molecule has 1 saturated heterocycles. The number of piperidine rings is 1. The van der Waals surface area contributed by atoms with Crippen molar-refractivity contribution in [2.45, 2.75) is 49.6 Å². The molecule has 3 aliphatic rings. The lowest BCUT2D eigenvalue weighted by Gasteiger charge is -2.38. The van der Waals surface area contributed by atoms with Gasteiger partial charge in [-0.1, -0.05) is 12.1 Å². The number of anilines is 1. The maximum absolute atomic E-state index is 12.9. The van der Waals surface area contributed by atoms with Gasteiger partial charge in [0.25, 0.3) is 5.91 Å². The van der Waals surface area contributed by atoms with Crippen molar-refractivity contribution in [3.8, 4) is 0 Å². The number of fused-ring (bicyclic) bond motifs is 2. The van der Waals surface area contributed by atoms with Crippen molar-refractivity contribution < 1.29 is 13.2 Å². The van der Waals surface area contributed by atoms with Gasteiger partial charge in [-0.3, -0.25) is 4.79 Å². The molecule has 2 aliphatic heterocycles. The van der Waals surface area contributed by atoms with Crippen LogP contribution < -0.4 is 10.0 Å². The van der Waals surface area contributed by atoms with Crippen LogP contribution >= 0.6 is 0 Å². The van der Waals surface area contributed by atoms with Gasteiger partial charge in [0.05, 0.1) is 11.9 Å². The number of aromatic amines is 1. The number of aromatic nitrogens is 1. The predicted octanol–water partition coefficient (Wildman–Crippen LogP) is 2.48. The summed E-state index contributed by atoms with van der Waals surface area (Å²) in [4.78, 5) is 18.4. The molecular formula is C21H26N4O3S. The summed E-state index contributed by atoms with van der Waals surface area (Å²) < 4.78 is 27.9. The largest absolute Gasteiger partial charge is 0.368 e. The van der Waals surface area contributed by atoms with Crippen LogP contribution in [0.15, 0.2) is 35.2 Å². The van der Waals surface area contributed by atoms with Crippen LogP contribution in [0.2, 0.25) is 0 Å². The molecule has 1 aromatic carbocycles. The van der Waals surface area contributed by atoms with Crippen LogP contribution in [0, 0.1) is 5.92 Å². The summed E-state index contributed by atoms with van der Waals surface area (Å²) in [6.45, 7) is 1.27. The van der Waals surface area contributed by atoms with Crippen LogP contribution in [-0.2, 0) is 22.9 Å². The number of carbonyl (C=O) groups is 1. The van der Waals surface area contributed by atoms with E-state index in [1.807, 2.05) is 17.0 Å². The Labute approximate surface area is 170 Å². The fraction of sp³-hybridized carbons (Fsp3) is 0.476. The first kappa shape index (κ1) is 18.7. The van der Waals surface area contributed by atoms with Crippen LogP contribution in [0.25, 0.3) is 0 Å². The highest BCUT2D eigenvalue weighted by Gasteiger charge is 2.36. The summed E-state index contributed by atoms with van der Waals surface area (Å²) in [6.07, 6.45) is 5.63. The fourth-order valence-electron chi connectivity index (χ4n) is 4.79. The van der Waals surface area contributed by atoms with Crippen LogP contribution in [0.4, 0.5) is 5.69 Å². The Balaban J connectivity index is 1.25. The lowest BCUT2D eigenvalue weighted by Crippen LogP contribution is -2.52. The minimum absolute atomic E-state index is 0.0559. The number of amides is 1. The first-order chi connectivity index (χ1) is 14.0. The van der Waals surface area contributed by atoms with Gasteiger partial charge in [-0.2, -0.15) is 4.72 Å². The number of aryl methyl sites for hydroxylation is 2. The number of benzene rings is 1. The van der Waals surface area contributed by atoms with Gasteiger partial charge in [-0.05, 0) is 68.2 Å². The third kappa shape index (κ3) is 3.44. The van der Waals surface area contributed by atoms with E-state index in [0.29, 0.717) is 29.4 Å². The number of nitrogens with zero attached hydrogens (tertiary/aromatic N) is 1. The van der Waals surface area contributed by atoms with Crippen molar-refractivity contribution in [1.82, 2.24) is 14.6 Å². The second-order valence-electron chi connectivity index (χ2n) is 8.26. The average molecular weight is 415 g/mol. The molecule has 1 amide bonds. The van der Waals surface area contributed by atoms with E-state index in [-0.39, 0.29) is 18.0 Å². The van der Waals surface area contributed by atoms with Gasteiger partial charge in [-0.15, -0.1) is 0 Å². The number of hydrogen-bond acceptors (Lipinski definition) is 4. The predicted molar refractivity (Wildman–Crippen MR) is 110 cm³/mol. The Morgan fingerprint density at radius 1 is 1.07 bits per heavy atom. The smallest absolute Gasteiger partial charge is 0.270 e. The number of nitrogens with one attached hydrogen (secondary N) is 3. The number of hydrogen-bond donors (Lipinski definition) is 3. The molecule has 7 nitrogen and oxygen atoms in total. The summed E-state index contributed by atoms with van der Waals surface area (Å²) >= 11 is 0. The summed E-state index contributed by atoms with van der Waals surface area (Å²) in [7, 11) is -3.51. The molecule has 0 radical (unpaired) electrons. The monoisotopic (exact) mass is 414 g/mol. The maximum Gasteiger partial charge on any atom is 0.270 e. The highest BCUT2D eigenvalue weighted by Crippen LogP contribution is 2.31. The van der Waals surface area contributed by atoms with E-state index in [2.05, 4.69) is 15.0 Å².